The number of thiophene rings is 1. The minimum Gasteiger partial charge on any atom is -0.332 e. The average molecular weight is 310 g/mol. The van der Waals surface area contributed by atoms with E-state index in [0.29, 0.717) is 24.7 Å². The Balaban J connectivity index is 1.72. The van der Waals surface area contributed by atoms with Crippen molar-refractivity contribution in [3.8, 4) is 0 Å². The minimum absolute atomic E-state index is 0.0276. The molecule has 0 aliphatic heterocycles. The summed E-state index contributed by atoms with van der Waals surface area (Å²) in [6.45, 7) is 3.21. The summed E-state index contributed by atoms with van der Waals surface area (Å²) in [5.41, 5.74) is 1.60. The maximum Gasteiger partial charge on any atom is 0.274 e. The first-order valence-electron chi connectivity index (χ1n) is 6.76. The average Bonchev–Trinajstić information content (AvgIpc) is 3.03. The van der Waals surface area contributed by atoms with E-state index in [-0.39, 0.29) is 5.91 Å². The normalized spacial score (nSPS) is 14.5. The van der Waals surface area contributed by atoms with Crippen LogP contribution in [0, 0.1) is 0 Å². The van der Waals surface area contributed by atoms with Gasteiger partial charge in [-0.05, 0) is 38.0 Å². The van der Waals surface area contributed by atoms with Gasteiger partial charge in [-0.15, -0.1) is 11.3 Å². The second kappa shape index (κ2) is 5.58. The zero-order valence-electron chi connectivity index (χ0n) is 11.2. The number of amides is 1. The molecule has 1 aliphatic rings. The molecule has 0 bridgehead atoms. The number of aromatic nitrogens is 2. The van der Waals surface area contributed by atoms with Crippen molar-refractivity contribution in [2.75, 3.05) is 6.54 Å². The second-order valence-electron chi connectivity index (χ2n) is 5.01. The van der Waals surface area contributed by atoms with Gasteiger partial charge in [0, 0.05) is 23.0 Å². The molecule has 2 aromatic rings. The molecule has 0 unspecified atom stereocenters. The number of hydrogen-bond acceptors (Lipinski definition) is 3. The molecule has 1 amide bonds. The van der Waals surface area contributed by atoms with Crippen molar-refractivity contribution >= 4 is 28.8 Å². The van der Waals surface area contributed by atoms with Crippen LogP contribution in [0.5, 0.6) is 0 Å². The molecule has 0 aromatic carbocycles. The summed E-state index contributed by atoms with van der Waals surface area (Å²) in [5, 5.41) is 7.13. The molecule has 1 aliphatic carbocycles. The van der Waals surface area contributed by atoms with Crippen LogP contribution in [0.15, 0.2) is 18.2 Å². The molecule has 4 nitrogen and oxygen atoms in total. The van der Waals surface area contributed by atoms with E-state index in [9.17, 15) is 4.79 Å². The first-order chi connectivity index (χ1) is 9.67. The number of aromatic amines is 1. The van der Waals surface area contributed by atoms with E-state index in [1.165, 1.54) is 24.2 Å². The van der Waals surface area contributed by atoms with E-state index in [4.69, 9.17) is 11.6 Å². The van der Waals surface area contributed by atoms with Crippen LogP contribution in [0.2, 0.25) is 4.34 Å². The lowest BCUT2D eigenvalue weighted by atomic mass is 10.2. The van der Waals surface area contributed by atoms with Crippen molar-refractivity contribution in [3.05, 3.63) is 38.8 Å². The predicted molar refractivity (Wildman–Crippen MR) is 80.3 cm³/mol. The third-order valence-corrected chi connectivity index (χ3v) is 4.69. The van der Waals surface area contributed by atoms with Gasteiger partial charge < -0.3 is 4.90 Å². The number of nitrogens with zero attached hydrogens (tertiary/aromatic N) is 2. The van der Waals surface area contributed by atoms with Gasteiger partial charge in [0.1, 0.15) is 5.69 Å². The second-order valence-corrected chi connectivity index (χ2v) is 6.81. The Morgan fingerprint density at radius 1 is 1.55 bits per heavy atom. The Labute approximate surface area is 126 Å². The topological polar surface area (TPSA) is 49.0 Å². The van der Waals surface area contributed by atoms with Crippen molar-refractivity contribution in [2.24, 2.45) is 0 Å². The number of carbonyl (C=O) groups excluding carboxylic acids is 1. The molecule has 6 heteroatoms. The highest BCUT2D eigenvalue weighted by atomic mass is 35.5. The van der Waals surface area contributed by atoms with Crippen molar-refractivity contribution < 1.29 is 4.79 Å². The largest absolute Gasteiger partial charge is 0.332 e. The Bertz CT molecular complexity index is 617. The molecule has 2 aromatic heterocycles. The predicted octanol–water partition coefficient (Wildman–Crippen LogP) is 3.66. The summed E-state index contributed by atoms with van der Waals surface area (Å²) in [5.74, 6) is 0.551. The lowest BCUT2D eigenvalue weighted by Gasteiger charge is -2.18. The first-order valence-corrected chi connectivity index (χ1v) is 7.95. The van der Waals surface area contributed by atoms with Gasteiger partial charge in [0.2, 0.25) is 0 Å². The summed E-state index contributed by atoms with van der Waals surface area (Å²) in [4.78, 5) is 15.3. The van der Waals surface area contributed by atoms with Crippen LogP contribution in [-0.2, 0) is 6.54 Å². The van der Waals surface area contributed by atoms with E-state index in [1.807, 2.05) is 25.1 Å². The zero-order valence-corrected chi connectivity index (χ0v) is 12.8. The summed E-state index contributed by atoms with van der Waals surface area (Å²) < 4.78 is 0.749. The maximum absolute atomic E-state index is 12.5. The molecule has 20 heavy (non-hydrogen) atoms. The fourth-order valence-corrected chi connectivity index (χ4v) is 3.27. The van der Waals surface area contributed by atoms with Crippen LogP contribution in [-0.4, -0.2) is 27.5 Å². The third-order valence-electron chi connectivity index (χ3n) is 3.48. The Hall–Kier alpha value is -1.33. The van der Waals surface area contributed by atoms with Crippen LogP contribution in [0.4, 0.5) is 0 Å². The van der Waals surface area contributed by atoms with E-state index >= 15 is 0 Å². The monoisotopic (exact) mass is 309 g/mol. The van der Waals surface area contributed by atoms with Crippen LogP contribution < -0.4 is 0 Å². The van der Waals surface area contributed by atoms with Gasteiger partial charge in [-0.25, -0.2) is 0 Å². The van der Waals surface area contributed by atoms with Gasteiger partial charge >= 0.3 is 0 Å². The summed E-state index contributed by atoms with van der Waals surface area (Å²) in [7, 11) is 0. The molecule has 2 heterocycles. The Kier molecular flexibility index (Phi) is 3.81. The lowest BCUT2D eigenvalue weighted by molar-refractivity contribution is 0.0748. The molecular formula is C14H16ClN3OS. The Morgan fingerprint density at radius 2 is 2.35 bits per heavy atom. The molecule has 1 saturated carbocycles. The summed E-state index contributed by atoms with van der Waals surface area (Å²) in [6, 6.07) is 5.72. The highest BCUT2D eigenvalue weighted by Crippen LogP contribution is 2.39. The highest BCUT2D eigenvalue weighted by Gasteiger charge is 2.27. The number of halogens is 1. The molecule has 3 rings (SSSR count). The first kappa shape index (κ1) is 13.6. The number of nitrogens with one attached hydrogen (secondary N) is 1. The number of hydrogen-bond donors (Lipinski definition) is 1. The van der Waals surface area contributed by atoms with E-state index < -0.39 is 0 Å². The number of carbonyl (C=O) groups is 1. The molecule has 1 fully saturated rings. The minimum atomic E-state index is -0.0276. The molecular weight excluding hydrogens is 294 g/mol. The molecule has 0 spiro atoms. The molecule has 1 N–H and O–H groups in total. The molecule has 106 valence electrons. The molecule has 0 atom stereocenters. The van der Waals surface area contributed by atoms with Gasteiger partial charge in [-0.2, -0.15) is 5.10 Å². The van der Waals surface area contributed by atoms with E-state index in [0.717, 1.165) is 14.9 Å². The van der Waals surface area contributed by atoms with Crippen LogP contribution in [0.1, 0.15) is 46.7 Å². The zero-order chi connectivity index (χ0) is 14.1. The maximum atomic E-state index is 12.5. The van der Waals surface area contributed by atoms with Gasteiger partial charge in [0.15, 0.2) is 0 Å². The smallest absolute Gasteiger partial charge is 0.274 e. The molecule has 0 saturated heterocycles. The van der Waals surface area contributed by atoms with E-state index in [2.05, 4.69) is 10.2 Å². The fourth-order valence-electron chi connectivity index (χ4n) is 2.16. The van der Waals surface area contributed by atoms with E-state index in [1.54, 1.807) is 4.90 Å². The van der Waals surface area contributed by atoms with Gasteiger partial charge in [-0.3, -0.25) is 9.89 Å². The highest BCUT2D eigenvalue weighted by molar-refractivity contribution is 7.16. The van der Waals surface area contributed by atoms with Crippen molar-refractivity contribution in [1.82, 2.24) is 15.1 Å². The van der Waals surface area contributed by atoms with Gasteiger partial charge in [0.25, 0.3) is 5.91 Å². The number of H-pyrrole nitrogens is 1. The third kappa shape index (κ3) is 2.88. The molecule has 0 radical (unpaired) electrons. The van der Waals surface area contributed by atoms with Crippen LogP contribution in [0.3, 0.4) is 0 Å². The summed E-state index contributed by atoms with van der Waals surface area (Å²) in [6.07, 6.45) is 2.39. The van der Waals surface area contributed by atoms with Gasteiger partial charge in [0.05, 0.1) is 10.9 Å². The number of rotatable bonds is 5. The fraction of sp³-hybridized carbons (Fsp3) is 0.429. The van der Waals surface area contributed by atoms with Gasteiger partial charge in [-0.1, -0.05) is 11.6 Å². The summed E-state index contributed by atoms with van der Waals surface area (Å²) >= 11 is 7.43. The van der Waals surface area contributed by atoms with Crippen molar-refractivity contribution in [2.45, 2.75) is 32.2 Å². The lowest BCUT2D eigenvalue weighted by Crippen LogP contribution is -2.30. The van der Waals surface area contributed by atoms with Crippen molar-refractivity contribution in [3.63, 3.8) is 0 Å². The SMILES string of the molecule is CCN(Cc1ccc(Cl)s1)C(=O)c1cc(C2CC2)[nH]n1. The Morgan fingerprint density at radius 3 is 2.95 bits per heavy atom. The van der Waals surface area contributed by atoms with Crippen LogP contribution in [0.25, 0.3) is 0 Å². The van der Waals surface area contributed by atoms with Crippen LogP contribution >= 0.6 is 22.9 Å². The van der Waals surface area contributed by atoms with Crippen molar-refractivity contribution in [1.29, 1.82) is 0 Å². The standard InChI is InChI=1S/C14H16ClN3OS/c1-2-18(8-10-5-6-13(15)20-10)14(19)12-7-11(16-17-12)9-3-4-9/h5-7,9H,2-4,8H2,1H3,(H,16,17). The quantitative estimate of drug-likeness (QED) is 0.916.